The number of aryl methyl sites for hydroxylation is 4. The Labute approximate surface area is 862 Å². The van der Waals surface area contributed by atoms with Gasteiger partial charge in [-0.2, -0.15) is 0 Å². The molecular weight excluding hydrogens is 1780 g/mol. The molecule has 0 aliphatic carbocycles. The first-order valence-electron chi connectivity index (χ1n) is 53.7. The molecule has 12 aromatic carbocycles. The van der Waals surface area contributed by atoms with E-state index in [9.17, 15) is 0 Å². The van der Waals surface area contributed by atoms with E-state index in [2.05, 4.69) is 559 Å². The SMILES string of the molecule is CC[Si](CC)(c1ccc2c(-c3cc(-c4ccccc4)cc(C(C)C)c3C)[n+](C)ccc2c1)C(C)(C)C.CC[Si](CC)(c1ccc2c(-c3cc(-c4ccccc4)cc(C(C)C)c3C)[n+](C)ccc2c1)C(C)C.Cc1c(-c2c3ccc([Si](C(C)C)(C(C)C)C(C)C)cc3cc[n+]2C)cc(-c2ccccc2)cc1C(C)C.Cc1c(-c2c3ccc([Si](C)(C)C(C)(C)C)cc3cc[n+]2C)cc(-c2ccccc2)cc1C(C)C. The normalized spacial score (nSPS) is 12.4. The topological polar surface area (TPSA) is 15.5 Å². The van der Waals surface area contributed by atoms with E-state index in [1.807, 2.05) is 0 Å². The van der Waals surface area contributed by atoms with Crippen molar-refractivity contribution in [3.05, 3.63) is 336 Å². The van der Waals surface area contributed by atoms with Crippen molar-refractivity contribution < 1.29 is 18.3 Å². The highest BCUT2D eigenvalue weighted by Crippen LogP contribution is 2.48. The van der Waals surface area contributed by atoms with Crippen molar-refractivity contribution in [1.82, 2.24) is 0 Å². The fraction of sp³-hybridized carbons (Fsp3) is 0.373. The van der Waals surface area contributed by atoms with Gasteiger partial charge in [0.2, 0.25) is 22.8 Å². The maximum absolute atomic E-state index is 2.55. The zero-order valence-electron chi connectivity index (χ0n) is 93.9. The monoisotopic (exact) mass is 1950 g/mol. The second-order valence-electron chi connectivity index (χ2n) is 46.7. The molecule has 0 bridgehead atoms. The smallest absolute Gasteiger partial charge is 0.200 e. The number of nitrogens with zero attached hydrogens (tertiary/aromatic N) is 4. The third kappa shape index (κ3) is 21.4. The molecular formula is C134H172N4Si4+4. The fourth-order valence-electron chi connectivity index (χ4n) is 25.0. The zero-order valence-corrected chi connectivity index (χ0v) is 97.9. The summed E-state index contributed by atoms with van der Waals surface area (Å²) in [7, 11) is 2.27. The Morgan fingerprint density at radius 1 is 0.246 bits per heavy atom. The summed E-state index contributed by atoms with van der Waals surface area (Å²) in [4.78, 5) is 0. The van der Waals surface area contributed by atoms with Gasteiger partial charge in [0, 0.05) is 24.3 Å². The summed E-state index contributed by atoms with van der Waals surface area (Å²) in [6.07, 6.45) is 9.00. The summed E-state index contributed by atoms with van der Waals surface area (Å²) in [6.45, 7) is 76.5. The van der Waals surface area contributed by atoms with Gasteiger partial charge in [-0.15, -0.1) is 0 Å². The van der Waals surface area contributed by atoms with Crippen molar-refractivity contribution in [3.63, 3.8) is 0 Å². The molecule has 4 aromatic heterocycles. The van der Waals surface area contributed by atoms with E-state index in [0.717, 1.165) is 5.54 Å². The highest BCUT2D eigenvalue weighted by molar-refractivity contribution is 6.95. The average Bonchev–Trinajstić information content (AvgIpc) is 0.707. The van der Waals surface area contributed by atoms with Crippen molar-refractivity contribution in [2.75, 3.05) is 0 Å². The van der Waals surface area contributed by atoms with Gasteiger partial charge in [-0.1, -0.05) is 432 Å². The lowest BCUT2D eigenvalue weighted by Gasteiger charge is -2.43. The van der Waals surface area contributed by atoms with E-state index in [1.165, 1.54) is 206 Å². The number of hydrogen-bond donors (Lipinski definition) is 0. The highest BCUT2D eigenvalue weighted by Gasteiger charge is 2.46. The van der Waals surface area contributed by atoms with Crippen LogP contribution in [0.5, 0.6) is 0 Å². The first-order chi connectivity index (χ1) is 67.2. The van der Waals surface area contributed by atoms with Crippen molar-refractivity contribution in [3.8, 4) is 89.5 Å². The minimum absolute atomic E-state index is 0.315. The molecule has 16 aromatic rings. The molecule has 0 N–H and O–H groups in total. The number of fused-ring (bicyclic) bond motifs is 4. The van der Waals surface area contributed by atoms with Crippen LogP contribution in [-0.4, -0.2) is 32.3 Å². The van der Waals surface area contributed by atoms with E-state index in [-0.39, 0.29) is 0 Å². The molecule has 0 saturated heterocycles. The van der Waals surface area contributed by atoms with Crippen LogP contribution < -0.4 is 39.0 Å². The van der Waals surface area contributed by atoms with Crippen LogP contribution in [0.3, 0.4) is 0 Å². The molecule has 0 atom stereocenters. The van der Waals surface area contributed by atoms with Crippen LogP contribution in [-0.2, 0) is 28.2 Å². The van der Waals surface area contributed by atoms with Crippen molar-refractivity contribution in [2.45, 2.75) is 301 Å². The molecule has 0 fully saturated rings. The van der Waals surface area contributed by atoms with Gasteiger partial charge < -0.3 is 0 Å². The van der Waals surface area contributed by atoms with Crippen LogP contribution in [0, 0.1) is 27.7 Å². The Balaban J connectivity index is 0.000000159. The molecule has 0 unspecified atom stereocenters. The number of pyridine rings is 4. The molecule has 740 valence electrons. The van der Waals surface area contributed by atoms with Gasteiger partial charge in [0.25, 0.3) is 0 Å². The predicted octanol–water partition coefficient (Wildman–Crippen LogP) is 34.9. The molecule has 4 heterocycles. The first kappa shape index (κ1) is 108. The van der Waals surface area contributed by atoms with E-state index in [0.29, 0.717) is 50.4 Å². The van der Waals surface area contributed by atoms with E-state index in [1.54, 1.807) is 15.6 Å². The third-order valence-corrected chi connectivity index (χ3v) is 59.8. The molecule has 0 aliphatic heterocycles. The Bertz CT molecular complexity index is 7130. The molecule has 0 radical (unpaired) electrons. The van der Waals surface area contributed by atoms with Gasteiger partial charge in [-0.3, -0.25) is 0 Å². The van der Waals surface area contributed by atoms with Crippen LogP contribution in [0.15, 0.2) is 292 Å². The molecule has 4 nitrogen and oxygen atoms in total. The van der Waals surface area contributed by atoms with Crippen LogP contribution in [0.1, 0.15) is 248 Å². The summed E-state index contributed by atoms with van der Waals surface area (Å²) < 4.78 is 9.25. The van der Waals surface area contributed by atoms with Crippen LogP contribution >= 0.6 is 0 Å². The average molecular weight is 1950 g/mol. The van der Waals surface area contributed by atoms with Crippen LogP contribution in [0.25, 0.3) is 133 Å². The molecule has 0 saturated carbocycles. The van der Waals surface area contributed by atoms with Crippen LogP contribution in [0.4, 0.5) is 0 Å². The fourth-order valence-corrected chi connectivity index (χ4v) is 43.3. The maximum atomic E-state index is 2.55. The lowest BCUT2D eigenvalue weighted by atomic mass is 9.87. The van der Waals surface area contributed by atoms with Crippen LogP contribution in [0.2, 0.25) is 69.5 Å². The quantitative estimate of drug-likeness (QED) is 0.0423. The largest absolute Gasteiger partial charge is 0.220 e. The van der Waals surface area contributed by atoms with E-state index in [4.69, 9.17) is 0 Å². The Hall–Kier alpha value is -10.9. The lowest BCUT2D eigenvalue weighted by molar-refractivity contribution is -0.659. The number of hydrogen-bond acceptors (Lipinski definition) is 0. The molecule has 142 heavy (non-hydrogen) atoms. The van der Waals surface area contributed by atoms with E-state index < -0.39 is 32.3 Å². The van der Waals surface area contributed by atoms with Gasteiger partial charge >= 0.3 is 0 Å². The Kier molecular flexibility index (Phi) is 33.9. The second-order valence-corrected chi connectivity index (χ2v) is 69.0. The summed E-state index contributed by atoms with van der Waals surface area (Å²) in [6, 6.07) is 106. The zero-order chi connectivity index (χ0) is 103. The molecule has 0 amide bonds. The summed E-state index contributed by atoms with van der Waals surface area (Å²) in [5, 5.41) is 17.8. The number of rotatable bonds is 24. The molecule has 16 rings (SSSR count). The van der Waals surface area contributed by atoms with Crippen molar-refractivity contribution in [1.29, 1.82) is 0 Å². The summed E-state index contributed by atoms with van der Waals surface area (Å²) in [5.74, 6) is 1.86. The van der Waals surface area contributed by atoms with Gasteiger partial charge in [0.05, 0.1) is 76.1 Å². The van der Waals surface area contributed by atoms with Crippen molar-refractivity contribution in [2.24, 2.45) is 28.2 Å². The maximum Gasteiger partial charge on any atom is 0.220 e. The van der Waals surface area contributed by atoms with Crippen molar-refractivity contribution >= 4 is 96.1 Å². The lowest BCUT2D eigenvalue weighted by Crippen LogP contribution is -2.55. The molecule has 0 spiro atoms. The summed E-state index contributed by atoms with van der Waals surface area (Å²) >= 11 is 0. The number of aromatic nitrogens is 4. The third-order valence-electron chi connectivity index (χ3n) is 34.4. The summed E-state index contributed by atoms with van der Waals surface area (Å²) in [5.41, 5.74) is 35.0. The highest BCUT2D eigenvalue weighted by atomic mass is 28.3. The van der Waals surface area contributed by atoms with Gasteiger partial charge in [0.15, 0.2) is 24.8 Å². The van der Waals surface area contributed by atoms with Gasteiger partial charge in [-0.25, -0.2) is 18.3 Å². The Morgan fingerprint density at radius 3 is 0.718 bits per heavy atom. The standard InChI is InChI=1S/C35H46NSi.C34H44NSi.C33H42NSi.C32H40NSi/c1-23(2)33-21-30(28-14-12-11-13-15-28)22-34(27(33)9)35-32-17-16-31(20-29(32)18-19-36(35)10)37(24(3)4,25(5)6)26(7)8;1-10-36(11-2,34(6,7)8)29-17-18-30-27(21-29)19-20-35(9)33(30)32-23-28(26-15-13-12-14-16-26)22-31(24(3)4)25(32)5;1-9-35(10-2,24(5)6)29-16-17-30-27(20-29)18-19-34(8)33(30)32-22-28(26-14-12-11-13-15-26)21-31(23(3)4)25(32)7;1-22(2)29-20-26(24-13-11-10-12-14-24)21-30(23(29)3)31-28-16-15-27(34(8,9)32(4,5)6)19-25(28)17-18-33(31)7/h11-26H,1-10H3;12-24H,10-11H2,1-9H3;11-24H,9-10H2,1-8H3;10-22H,1-9H3/q4*+1. The first-order valence-corrected chi connectivity index (χ1v) is 63.8. The predicted molar refractivity (Wildman–Crippen MR) is 634 cm³/mol. The van der Waals surface area contributed by atoms with Gasteiger partial charge in [-0.05, 0) is 243 Å². The minimum Gasteiger partial charge on any atom is -0.200 e. The Morgan fingerprint density at radius 2 is 0.486 bits per heavy atom. The second kappa shape index (κ2) is 44.4. The molecule has 0 aliphatic rings. The minimum atomic E-state index is -1.73. The van der Waals surface area contributed by atoms with E-state index >= 15 is 0 Å². The molecule has 8 heteroatoms. The van der Waals surface area contributed by atoms with Gasteiger partial charge in [0.1, 0.15) is 28.2 Å². The number of benzene rings is 12.